The van der Waals surface area contributed by atoms with Gasteiger partial charge >= 0.3 is 0 Å². The first kappa shape index (κ1) is 18.0. The van der Waals surface area contributed by atoms with Gasteiger partial charge in [0.1, 0.15) is 0 Å². The third-order valence-corrected chi connectivity index (χ3v) is 4.82. The van der Waals surface area contributed by atoms with Gasteiger partial charge in [0.25, 0.3) is 0 Å². The SMILES string of the molecule is C#CCCC1(CCC(=O)N(Cc2cccnc2)c2ccc3c(c2)OCO3)N=N1. The first-order chi connectivity index (χ1) is 13.7. The lowest BCUT2D eigenvalue weighted by Gasteiger charge is -2.24. The van der Waals surface area contributed by atoms with Gasteiger partial charge in [-0.1, -0.05) is 6.07 Å². The number of rotatable bonds is 8. The van der Waals surface area contributed by atoms with Gasteiger partial charge in [-0.25, -0.2) is 0 Å². The Balaban J connectivity index is 1.51. The maximum absolute atomic E-state index is 13.1. The molecule has 0 unspecified atom stereocenters. The van der Waals surface area contributed by atoms with Crippen molar-refractivity contribution in [3.05, 3.63) is 48.3 Å². The topological polar surface area (TPSA) is 76.4 Å². The molecule has 3 heterocycles. The first-order valence-electron chi connectivity index (χ1n) is 9.16. The second-order valence-corrected chi connectivity index (χ2v) is 6.77. The fourth-order valence-corrected chi connectivity index (χ4v) is 3.16. The predicted molar refractivity (Wildman–Crippen MR) is 103 cm³/mol. The Bertz CT molecular complexity index is 930. The van der Waals surface area contributed by atoms with Crippen LogP contribution in [0.4, 0.5) is 5.69 Å². The fraction of sp³-hybridized carbons (Fsp3) is 0.333. The molecule has 1 aromatic heterocycles. The fourth-order valence-electron chi connectivity index (χ4n) is 3.16. The van der Waals surface area contributed by atoms with Crippen molar-refractivity contribution in [1.82, 2.24) is 4.98 Å². The van der Waals surface area contributed by atoms with Gasteiger partial charge in [0.05, 0.1) is 6.54 Å². The summed E-state index contributed by atoms with van der Waals surface area (Å²) >= 11 is 0. The van der Waals surface area contributed by atoms with Crippen LogP contribution in [0.15, 0.2) is 53.0 Å². The zero-order chi connectivity index (χ0) is 19.4. The van der Waals surface area contributed by atoms with E-state index in [0.29, 0.717) is 43.7 Å². The molecule has 0 saturated carbocycles. The molecule has 7 heteroatoms. The van der Waals surface area contributed by atoms with Gasteiger partial charge in [-0.2, -0.15) is 10.2 Å². The van der Waals surface area contributed by atoms with Gasteiger partial charge in [0.15, 0.2) is 17.2 Å². The summed E-state index contributed by atoms with van der Waals surface area (Å²) in [4.78, 5) is 19.0. The van der Waals surface area contributed by atoms with Crippen LogP contribution < -0.4 is 14.4 Å². The minimum absolute atomic E-state index is 0.0138. The van der Waals surface area contributed by atoms with Crippen molar-refractivity contribution in [2.24, 2.45) is 10.2 Å². The minimum Gasteiger partial charge on any atom is -0.454 e. The average Bonchev–Trinajstić information content (AvgIpc) is 3.35. The number of amides is 1. The summed E-state index contributed by atoms with van der Waals surface area (Å²) in [6.07, 6.45) is 11.0. The molecule has 2 aliphatic heterocycles. The van der Waals surface area contributed by atoms with Crippen molar-refractivity contribution in [1.29, 1.82) is 0 Å². The number of hydrogen-bond acceptors (Lipinski definition) is 6. The highest BCUT2D eigenvalue weighted by molar-refractivity contribution is 5.93. The third-order valence-electron chi connectivity index (χ3n) is 4.82. The lowest BCUT2D eigenvalue weighted by Crippen LogP contribution is -2.31. The maximum Gasteiger partial charge on any atom is 0.231 e. The molecule has 0 N–H and O–H groups in total. The number of anilines is 1. The molecule has 1 aromatic carbocycles. The molecule has 7 nitrogen and oxygen atoms in total. The second-order valence-electron chi connectivity index (χ2n) is 6.77. The first-order valence-corrected chi connectivity index (χ1v) is 9.16. The highest BCUT2D eigenvalue weighted by Gasteiger charge is 2.39. The quantitative estimate of drug-likeness (QED) is 0.658. The van der Waals surface area contributed by atoms with Gasteiger partial charge in [-0.3, -0.25) is 9.78 Å². The van der Waals surface area contributed by atoms with Crippen LogP contribution in [-0.2, 0) is 11.3 Å². The van der Waals surface area contributed by atoms with E-state index in [9.17, 15) is 4.79 Å². The Morgan fingerprint density at radius 1 is 1.21 bits per heavy atom. The zero-order valence-corrected chi connectivity index (χ0v) is 15.4. The average molecular weight is 376 g/mol. The number of pyridine rings is 1. The van der Waals surface area contributed by atoms with Crippen LogP contribution in [0.1, 0.15) is 31.2 Å². The van der Waals surface area contributed by atoms with Crippen LogP contribution in [0.25, 0.3) is 0 Å². The summed E-state index contributed by atoms with van der Waals surface area (Å²) in [6, 6.07) is 9.31. The van der Waals surface area contributed by atoms with Gasteiger partial charge in [-0.15, -0.1) is 12.3 Å². The Morgan fingerprint density at radius 3 is 2.82 bits per heavy atom. The summed E-state index contributed by atoms with van der Waals surface area (Å²) in [7, 11) is 0. The maximum atomic E-state index is 13.1. The summed E-state index contributed by atoms with van der Waals surface area (Å²) in [5, 5.41) is 8.24. The summed E-state index contributed by atoms with van der Waals surface area (Å²) in [6.45, 7) is 0.605. The highest BCUT2D eigenvalue weighted by Crippen LogP contribution is 2.39. The Kier molecular flexibility index (Phi) is 4.94. The van der Waals surface area contributed by atoms with Crippen LogP contribution in [-0.4, -0.2) is 23.3 Å². The van der Waals surface area contributed by atoms with Crippen molar-refractivity contribution in [2.45, 2.75) is 37.9 Å². The molecule has 1 amide bonds. The number of carbonyl (C=O) groups is 1. The molecule has 0 spiro atoms. The molecule has 142 valence electrons. The molecule has 0 radical (unpaired) electrons. The van der Waals surface area contributed by atoms with Crippen LogP contribution >= 0.6 is 0 Å². The predicted octanol–water partition coefficient (Wildman–Crippen LogP) is 3.70. The Labute approximate surface area is 163 Å². The molecule has 2 aliphatic rings. The lowest BCUT2D eigenvalue weighted by molar-refractivity contribution is -0.119. The summed E-state index contributed by atoms with van der Waals surface area (Å²) in [5.74, 6) is 3.91. The van der Waals surface area contributed by atoms with Crippen LogP contribution in [0.2, 0.25) is 0 Å². The van der Waals surface area contributed by atoms with E-state index >= 15 is 0 Å². The van der Waals surface area contributed by atoms with Gasteiger partial charge in [0.2, 0.25) is 12.7 Å². The van der Waals surface area contributed by atoms with Crippen molar-refractivity contribution in [3.63, 3.8) is 0 Å². The van der Waals surface area contributed by atoms with E-state index in [-0.39, 0.29) is 12.7 Å². The molecule has 2 aromatic rings. The highest BCUT2D eigenvalue weighted by atomic mass is 16.7. The van der Waals surface area contributed by atoms with E-state index in [1.54, 1.807) is 17.3 Å². The van der Waals surface area contributed by atoms with Crippen molar-refractivity contribution < 1.29 is 14.3 Å². The number of ether oxygens (including phenoxy) is 2. The van der Waals surface area contributed by atoms with E-state index in [1.807, 2.05) is 30.3 Å². The molecular weight excluding hydrogens is 356 g/mol. The molecule has 0 bridgehead atoms. The molecule has 0 aliphatic carbocycles. The monoisotopic (exact) mass is 376 g/mol. The lowest BCUT2D eigenvalue weighted by atomic mass is 10.0. The second kappa shape index (κ2) is 7.69. The minimum atomic E-state index is -0.475. The van der Waals surface area contributed by atoms with Crippen LogP contribution in [0.5, 0.6) is 11.5 Å². The Hall–Kier alpha value is -3.40. The van der Waals surface area contributed by atoms with E-state index in [2.05, 4.69) is 21.1 Å². The molecule has 28 heavy (non-hydrogen) atoms. The van der Waals surface area contributed by atoms with Gasteiger partial charge < -0.3 is 14.4 Å². The van der Waals surface area contributed by atoms with Crippen molar-refractivity contribution in [2.75, 3.05) is 11.7 Å². The van der Waals surface area contributed by atoms with Gasteiger partial charge in [-0.05, 0) is 23.8 Å². The molecule has 0 saturated heterocycles. The smallest absolute Gasteiger partial charge is 0.231 e. The van der Waals surface area contributed by atoms with Gasteiger partial charge in [0, 0.05) is 49.8 Å². The number of terminal acetylenes is 1. The Morgan fingerprint density at radius 2 is 2.07 bits per heavy atom. The van der Waals surface area contributed by atoms with E-state index in [4.69, 9.17) is 15.9 Å². The van der Waals surface area contributed by atoms with E-state index in [1.165, 1.54) is 0 Å². The molecule has 0 atom stereocenters. The number of fused-ring (bicyclic) bond motifs is 1. The third kappa shape index (κ3) is 3.96. The number of carbonyl (C=O) groups excluding carboxylic acids is 1. The number of benzene rings is 1. The molecule has 0 fully saturated rings. The molecule has 4 rings (SSSR count). The number of hydrogen-bond donors (Lipinski definition) is 0. The standard InChI is InChI=1S/C21H20N4O3/c1-2-3-9-21(23-24-21)10-8-20(26)25(14-16-5-4-11-22-13-16)17-6-7-18-19(12-17)28-15-27-18/h1,4-7,11-13H,3,8-10,14-15H2. The normalized spacial score (nSPS) is 15.1. The number of aromatic nitrogens is 1. The van der Waals surface area contributed by atoms with E-state index < -0.39 is 5.66 Å². The summed E-state index contributed by atoms with van der Waals surface area (Å²) < 4.78 is 10.8. The zero-order valence-electron chi connectivity index (χ0n) is 15.4. The number of nitrogens with zero attached hydrogens (tertiary/aromatic N) is 4. The van der Waals surface area contributed by atoms with E-state index in [0.717, 1.165) is 11.3 Å². The van der Waals surface area contributed by atoms with Crippen LogP contribution in [0, 0.1) is 12.3 Å². The summed E-state index contributed by atoms with van der Waals surface area (Å²) in [5.41, 5.74) is 1.22. The van der Waals surface area contributed by atoms with Crippen LogP contribution in [0.3, 0.4) is 0 Å². The van der Waals surface area contributed by atoms with Crippen molar-refractivity contribution in [3.8, 4) is 23.8 Å². The molecular formula is C21H20N4O3. The largest absolute Gasteiger partial charge is 0.454 e. The van der Waals surface area contributed by atoms with Crippen molar-refractivity contribution >= 4 is 11.6 Å².